The van der Waals surface area contributed by atoms with E-state index in [1.807, 2.05) is 6.92 Å². The van der Waals surface area contributed by atoms with Crippen LogP contribution in [-0.2, 0) is 0 Å². The quantitative estimate of drug-likeness (QED) is 0.639. The zero-order chi connectivity index (χ0) is 11.1. The van der Waals surface area contributed by atoms with Crippen molar-refractivity contribution in [2.45, 2.75) is 53.1 Å². The van der Waals surface area contributed by atoms with Crippen LogP contribution in [0.5, 0.6) is 0 Å². The molecule has 0 fully saturated rings. The van der Waals surface area contributed by atoms with Gasteiger partial charge in [0.2, 0.25) is 0 Å². The lowest BCUT2D eigenvalue weighted by molar-refractivity contribution is 0.216. The van der Waals surface area contributed by atoms with Crippen LogP contribution in [0.4, 0.5) is 0 Å². The highest BCUT2D eigenvalue weighted by Crippen LogP contribution is 1.78. The van der Waals surface area contributed by atoms with E-state index in [4.69, 9.17) is 15.3 Å². The van der Waals surface area contributed by atoms with E-state index in [1.165, 1.54) is 0 Å². The average Bonchev–Trinajstić information content (AvgIpc) is 2.05. The minimum absolute atomic E-state index is 0.167. The fourth-order valence-electron chi connectivity index (χ4n) is 0.158. The molecule has 0 aliphatic heterocycles. The average molecular weight is 194 g/mol. The number of aliphatic hydroxyl groups is 3. The molecule has 0 radical (unpaired) electrons. The summed E-state index contributed by atoms with van der Waals surface area (Å²) in [6, 6.07) is 0. The summed E-state index contributed by atoms with van der Waals surface area (Å²) in [5.74, 6) is 0. The molecule has 0 aromatic carbocycles. The highest BCUT2D eigenvalue weighted by atomic mass is 16.3. The van der Waals surface area contributed by atoms with E-state index in [0.29, 0.717) is 13.2 Å². The third-order valence-corrected chi connectivity index (χ3v) is 0.735. The Morgan fingerprint density at radius 3 is 1.23 bits per heavy atom. The van der Waals surface area contributed by atoms with Gasteiger partial charge in [0.15, 0.2) is 0 Å². The molecular weight excluding hydrogens is 168 g/mol. The summed E-state index contributed by atoms with van der Waals surface area (Å²) in [6.07, 6.45) is 2.75. The molecule has 3 nitrogen and oxygen atoms in total. The van der Waals surface area contributed by atoms with E-state index in [2.05, 4.69) is 6.92 Å². The highest BCUT2D eigenvalue weighted by Gasteiger charge is 1.69. The third kappa shape index (κ3) is 140. The summed E-state index contributed by atoms with van der Waals surface area (Å²) in [5.41, 5.74) is 0. The molecule has 0 heterocycles. The Morgan fingerprint density at radius 1 is 0.923 bits per heavy atom. The van der Waals surface area contributed by atoms with Gasteiger partial charge in [-0.25, -0.2) is 0 Å². The third-order valence-electron chi connectivity index (χ3n) is 0.735. The van der Waals surface area contributed by atoms with Crippen LogP contribution in [0.15, 0.2) is 0 Å². The lowest BCUT2D eigenvalue weighted by atomic mass is 10.4. The van der Waals surface area contributed by atoms with Crippen molar-refractivity contribution >= 4 is 0 Å². The van der Waals surface area contributed by atoms with E-state index in [0.717, 1.165) is 19.3 Å². The van der Waals surface area contributed by atoms with Crippen molar-refractivity contribution in [1.82, 2.24) is 0 Å². The molecule has 0 unspecified atom stereocenters. The predicted octanol–water partition coefficient (Wildman–Crippen LogP) is 1.55. The van der Waals surface area contributed by atoms with Crippen LogP contribution in [0, 0.1) is 0 Å². The molecule has 0 aliphatic rings. The maximum Gasteiger partial charge on any atom is 0.0483 e. The topological polar surface area (TPSA) is 60.7 Å². The molecule has 0 spiro atoms. The largest absolute Gasteiger partial charge is 0.396 e. The van der Waals surface area contributed by atoms with Gasteiger partial charge in [0, 0.05) is 19.3 Å². The van der Waals surface area contributed by atoms with Crippen LogP contribution >= 0.6 is 0 Å². The molecule has 0 atom stereocenters. The summed E-state index contributed by atoms with van der Waals surface area (Å²) in [6.45, 7) is 8.09. The first-order valence-corrected chi connectivity index (χ1v) is 4.96. The number of unbranched alkanes of at least 4 members (excludes halogenated alkanes) is 1. The van der Waals surface area contributed by atoms with Crippen molar-refractivity contribution in [3.05, 3.63) is 0 Å². The van der Waals surface area contributed by atoms with Gasteiger partial charge < -0.3 is 15.3 Å². The molecule has 0 aliphatic carbocycles. The van der Waals surface area contributed by atoms with Gasteiger partial charge in [-0.2, -0.15) is 0 Å². The highest BCUT2D eigenvalue weighted by molar-refractivity contribution is 4.23. The normalized spacial score (nSPS) is 8.31. The van der Waals surface area contributed by atoms with Crippen molar-refractivity contribution in [2.75, 3.05) is 13.2 Å². The van der Waals surface area contributed by atoms with Gasteiger partial charge in [-0.05, 0) is 26.7 Å². The van der Waals surface area contributed by atoms with Crippen LogP contribution in [0.2, 0.25) is 0 Å². The summed E-state index contributed by atoms with van der Waals surface area (Å²) in [5, 5.41) is 24.0. The van der Waals surface area contributed by atoms with Crippen molar-refractivity contribution in [2.24, 2.45) is 0 Å². The van der Waals surface area contributed by atoms with Crippen LogP contribution in [-0.4, -0.2) is 34.6 Å². The number of hydrogen-bond acceptors (Lipinski definition) is 3. The van der Waals surface area contributed by atoms with Crippen LogP contribution in [0.1, 0.15) is 47.0 Å². The van der Waals surface area contributed by atoms with Gasteiger partial charge in [0.1, 0.15) is 0 Å². The Bertz CT molecular complexity index is 49.4. The van der Waals surface area contributed by atoms with Crippen LogP contribution < -0.4 is 0 Å². The Labute approximate surface area is 82.4 Å². The van der Waals surface area contributed by atoms with Crippen molar-refractivity contribution in [3.8, 4) is 0 Å². The molecule has 0 aromatic rings. The van der Waals surface area contributed by atoms with E-state index < -0.39 is 0 Å². The number of hydrogen-bond donors (Lipinski definition) is 3. The minimum atomic E-state index is -0.167. The first-order valence-electron chi connectivity index (χ1n) is 4.96. The fourth-order valence-corrected chi connectivity index (χ4v) is 0.158. The first-order chi connectivity index (χ1) is 6.06. The Kier molecular flexibility index (Phi) is 32.4. The molecule has 84 valence electrons. The standard InChI is InChI=1S/C4H10O.2C3H8O/c1-2-3-4-5;1-3(2)4;1-2-3-4/h5H,2-4H2,1H3;3-4H,1-2H3;4H,2-3H2,1H3. The van der Waals surface area contributed by atoms with Gasteiger partial charge in [0.25, 0.3) is 0 Å². The zero-order valence-electron chi connectivity index (χ0n) is 9.45. The molecule has 0 rings (SSSR count). The Hall–Kier alpha value is -0.120. The second-order valence-electron chi connectivity index (χ2n) is 2.89. The second-order valence-corrected chi connectivity index (χ2v) is 2.89. The molecule has 0 amide bonds. The van der Waals surface area contributed by atoms with E-state index in [-0.39, 0.29) is 6.10 Å². The smallest absolute Gasteiger partial charge is 0.0483 e. The van der Waals surface area contributed by atoms with E-state index >= 15 is 0 Å². The van der Waals surface area contributed by atoms with Gasteiger partial charge in [-0.15, -0.1) is 0 Å². The second kappa shape index (κ2) is 22.6. The van der Waals surface area contributed by atoms with Crippen molar-refractivity contribution in [3.63, 3.8) is 0 Å². The molecule has 0 bridgehead atoms. The zero-order valence-corrected chi connectivity index (χ0v) is 9.45. The van der Waals surface area contributed by atoms with E-state index in [9.17, 15) is 0 Å². The number of rotatable bonds is 3. The van der Waals surface area contributed by atoms with Gasteiger partial charge in [-0.1, -0.05) is 20.3 Å². The molecule has 0 aromatic heterocycles. The molecule has 13 heavy (non-hydrogen) atoms. The molecule has 3 heteroatoms. The predicted molar refractivity (Wildman–Crippen MR) is 56.7 cm³/mol. The summed E-state index contributed by atoms with van der Waals surface area (Å²) in [7, 11) is 0. The number of aliphatic hydroxyl groups excluding tert-OH is 3. The maximum absolute atomic E-state index is 8.07. The Balaban J connectivity index is -0.000000117. The fraction of sp³-hybridized carbons (Fsp3) is 1.00. The van der Waals surface area contributed by atoms with Crippen molar-refractivity contribution < 1.29 is 15.3 Å². The van der Waals surface area contributed by atoms with Gasteiger partial charge in [-0.3, -0.25) is 0 Å². The first kappa shape index (κ1) is 18.6. The Morgan fingerprint density at radius 2 is 1.23 bits per heavy atom. The van der Waals surface area contributed by atoms with E-state index in [1.54, 1.807) is 13.8 Å². The van der Waals surface area contributed by atoms with Crippen LogP contribution in [0.3, 0.4) is 0 Å². The molecular formula is C10H26O3. The molecule has 3 N–H and O–H groups in total. The molecule has 0 saturated carbocycles. The molecule has 0 saturated heterocycles. The maximum atomic E-state index is 8.07. The monoisotopic (exact) mass is 194 g/mol. The van der Waals surface area contributed by atoms with Crippen molar-refractivity contribution in [1.29, 1.82) is 0 Å². The SMILES string of the molecule is CC(C)O.CCCCO.CCCO. The summed E-state index contributed by atoms with van der Waals surface area (Å²) >= 11 is 0. The minimum Gasteiger partial charge on any atom is -0.396 e. The summed E-state index contributed by atoms with van der Waals surface area (Å²) < 4.78 is 0. The van der Waals surface area contributed by atoms with Gasteiger partial charge in [0.05, 0.1) is 0 Å². The van der Waals surface area contributed by atoms with Gasteiger partial charge >= 0.3 is 0 Å². The summed E-state index contributed by atoms with van der Waals surface area (Å²) in [4.78, 5) is 0. The lowest BCUT2D eigenvalue weighted by Gasteiger charge is -1.80. The van der Waals surface area contributed by atoms with Crippen LogP contribution in [0.25, 0.3) is 0 Å². The lowest BCUT2D eigenvalue weighted by Crippen LogP contribution is -1.85.